The summed E-state index contributed by atoms with van der Waals surface area (Å²) in [5, 5.41) is 21.6. The van der Waals surface area contributed by atoms with E-state index in [1.54, 1.807) is 11.3 Å². The van der Waals surface area contributed by atoms with Crippen LogP contribution in [-0.2, 0) is 11.3 Å². The Hall–Kier alpha value is -0.500. The number of β-amino-alcohol motifs (C(OH)–C–C–N with tert-alkyl or cyclic N) is 2. The quantitative estimate of drug-likeness (QED) is 0.746. The van der Waals surface area contributed by atoms with Gasteiger partial charge in [0.05, 0.1) is 25.4 Å². The van der Waals surface area contributed by atoms with E-state index >= 15 is 0 Å². The van der Waals surface area contributed by atoms with Crippen molar-refractivity contribution in [1.82, 2.24) is 9.80 Å². The highest BCUT2D eigenvalue weighted by molar-refractivity contribution is 7.09. The number of nitrogens with zero attached hydrogens (tertiary/aromatic N) is 2. The number of piperazine rings is 1. The van der Waals surface area contributed by atoms with Crippen molar-refractivity contribution in [2.24, 2.45) is 0 Å². The molecule has 0 aromatic carbocycles. The molecule has 0 unspecified atom stereocenters. The van der Waals surface area contributed by atoms with Gasteiger partial charge in [-0.25, -0.2) is 0 Å². The van der Waals surface area contributed by atoms with Gasteiger partial charge in [0.25, 0.3) is 0 Å². The van der Waals surface area contributed by atoms with Crippen LogP contribution in [0.15, 0.2) is 17.5 Å². The minimum absolute atomic E-state index is 0.287. The zero-order valence-electron chi connectivity index (χ0n) is 13.5. The molecule has 126 valence electrons. The first-order chi connectivity index (χ1) is 10.5. The average Bonchev–Trinajstić information content (AvgIpc) is 2.95. The molecule has 0 amide bonds. The summed E-state index contributed by atoms with van der Waals surface area (Å²) in [5.74, 6) is 0. The van der Waals surface area contributed by atoms with Crippen molar-refractivity contribution in [3.63, 3.8) is 0 Å². The molecule has 2 N–H and O–H groups in total. The normalized spacial score (nSPS) is 23.5. The van der Waals surface area contributed by atoms with E-state index in [0.29, 0.717) is 25.8 Å². The smallest absolute Gasteiger partial charge is 0.0900 e. The van der Waals surface area contributed by atoms with Crippen LogP contribution in [0.5, 0.6) is 0 Å². The molecule has 3 atom stereocenters. The molecule has 2 rings (SSSR count). The van der Waals surface area contributed by atoms with E-state index in [4.69, 9.17) is 4.74 Å². The number of aliphatic hydroxyl groups excluding tert-OH is 2. The van der Waals surface area contributed by atoms with E-state index in [2.05, 4.69) is 16.7 Å². The monoisotopic (exact) mass is 328 g/mol. The van der Waals surface area contributed by atoms with Gasteiger partial charge < -0.3 is 14.9 Å². The van der Waals surface area contributed by atoms with Gasteiger partial charge in [0, 0.05) is 43.6 Å². The third kappa shape index (κ3) is 5.95. The fourth-order valence-electron chi connectivity index (χ4n) is 2.89. The first kappa shape index (κ1) is 17.8. The largest absolute Gasteiger partial charge is 0.392 e. The zero-order valence-corrected chi connectivity index (χ0v) is 14.3. The van der Waals surface area contributed by atoms with Gasteiger partial charge in [0.2, 0.25) is 0 Å². The molecule has 1 fully saturated rings. The fraction of sp³-hybridized carbons (Fsp3) is 0.750. The van der Waals surface area contributed by atoms with Crippen molar-refractivity contribution in [1.29, 1.82) is 0 Å². The first-order valence-corrected chi connectivity index (χ1v) is 8.85. The topological polar surface area (TPSA) is 56.2 Å². The third-order valence-corrected chi connectivity index (χ3v) is 4.80. The van der Waals surface area contributed by atoms with Crippen molar-refractivity contribution in [3.05, 3.63) is 22.4 Å². The third-order valence-electron chi connectivity index (χ3n) is 3.95. The number of hydrogen-bond acceptors (Lipinski definition) is 6. The molecule has 2 heterocycles. The maximum absolute atomic E-state index is 10.1. The molecule has 22 heavy (non-hydrogen) atoms. The summed E-state index contributed by atoms with van der Waals surface area (Å²) in [6, 6.07) is 4.45. The van der Waals surface area contributed by atoms with E-state index < -0.39 is 6.10 Å². The Morgan fingerprint density at radius 1 is 1.36 bits per heavy atom. The maximum Gasteiger partial charge on any atom is 0.0900 e. The number of rotatable bonds is 8. The lowest BCUT2D eigenvalue weighted by atomic mass is 10.1. The van der Waals surface area contributed by atoms with E-state index in [0.717, 1.165) is 26.2 Å². The molecule has 0 saturated carbocycles. The van der Waals surface area contributed by atoms with Crippen LogP contribution in [0.1, 0.15) is 18.7 Å². The molecule has 1 aliphatic heterocycles. The zero-order chi connectivity index (χ0) is 15.9. The van der Waals surface area contributed by atoms with Crippen LogP contribution in [0.4, 0.5) is 0 Å². The van der Waals surface area contributed by atoms with E-state index in [1.807, 2.05) is 24.4 Å². The summed E-state index contributed by atoms with van der Waals surface area (Å²) in [7, 11) is 0. The Morgan fingerprint density at radius 3 is 2.82 bits per heavy atom. The molecular formula is C16H28N2O3S. The van der Waals surface area contributed by atoms with Crippen molar-refractivity contribution in [2.45, 2.75) is 38.7 Å². The molecule has 1 saturated heterocycles. The van der Waals surface area contributed by atoms with E-state index in [-0.39, 0.29) is 6.10 Å². The van der Waals surface area contributed by atoms with Crippen LogP contribution in [0.3, 0.4) is 0 Å². The Morgan fingerprint density at radius 2 is 2.18 bits per heavy atom. The van der Waals surface area contributed by atoms with Crippen molar-refractivity contribution in [2.75, 3.05) is 39.3 Å². The lowest BCUT2D eigenvalue weighted by molar-refractivity contribution is -0.0110. The summed E-state index contributed by atoms with van der Waals surface area (Å²) < 4.78 is 5.57. The number of hydrogen-bond donors (Lipinski definition) is 2. The molecule has 0 aliphatic carbocycles. The van der Waals surface area contributed by atoms with Gasteiger partial charge in [-0.1, -0.05) is 6.07 Å². The minimum atomic E-state index is -0.449. The van der Waals surface area contributed by atoms with Gasteiger partial charge in [0.15, 0.2) is 0 Å². The molecule has 1 aliphatic rings. The SMILES string of the molecule is C[C@H](O)CN1CCN(C[C@H](O)COCc2cccs2)C[C@@H]1C. The van der Waals surface area contributed by atoms with Crippen molar-refractivity contribution < 1.29 is 14.9 Å². The fourth-order valence-corrected chi connectivity index (χ4v) is 3.53. The highest BCUT2D eigenvalue weighted by Crippen LogP contribution is 2.12. The molecule has 0 radical (unpaired) electrons. The molecule has 0 bridgehead atoms. The Bertz CT molecular complexity index is 414. The minimum Gasteiger partial charge on any atom is -0.392 e. The molecular weight excluding hydrogens is 300 g/mol. The lowest BCUT2D eigenvalue weighted by Crippen LogP contribution is -2.54. The molecule has 1 aromatic rings. The second-order valence-corrected chi connectivity index (χ2v) is 7.23. The number of ether oxygens (including phenoxy) is 1. The Balaban J connectivity index is 1.64. The van der Waals surface area contributed by atoms with Gasteiger partial charge in [0.1, 0.15) is 0 Å². The first-order valence-electron chi connectivity index (χ1n) is 7.97. The van der Waals surface area contributed by atoms with E-state index in [1.165, 1.54) is 4.88 Å². The standard InChI is InChI=1S/C16H28N2O3S/c1-13-8-17(5-6-18(13)9-14(2)19)10-15(20)11-21-12-16-4-3-7-22-16/h3-4,7,13-15,19-20H,5-6,8-12H2,1-2H3/t13-,14-,15-/m0/s1. The number of thiophene rings is 1. The maximum atomic E-state index is 10.1. The highest BCUT2D eigenvalue weighted by Gasteiger charge is 2.25. The van der Waals surface area contributed by atoms with Gasteiger partial charge in [-0.2, -0.15) is 0 Å². The van der Waals surface area contributed by atoms with Crippen molar-refractivity contribution >= 4 is 11.3 Å². The van der Waals surface area contributed by atoms with Crippen molar-refractivity contribution in [3.8, 4) is 0 Å². The van der Waals surface area contributed by atoms with Gasteiger partial charge in [-0.3, -0.25) is 9.80 Å². The molecule has 5 nitrogen and oxygen atoms in total. The summed E-state index contributed by atoms with van der Waals surface area (Å²) in [4.78, 5) is 5.77. The predicted octanol–water partition coefficient (Wildman–Crippen LogP) is 1.01. The lowest BCUT2D eigenvalue weighted by Gasteiger charge is -2.40. The summed E-state index contributed by atoms with van der Waals surface area (Å²) >= 11 is 1.67. The molecule has 1 aromatic heterocycles. The Labute approximate surface area is 137 Å². The average molecular weight is 328 g/mol. The highest BCUT2D eigenvalue weighted by atomic mass is 32.1. The van der Waals surface area contributed by atoms with Crippen LogP contribution < -0.4 is 0 Å². The molecule has 6 heteroatoms. The molecule has 0 spiro atoms. The second kappa shape index (κ2) is 8.96. The van der Waals surface area contributed by atoms with Crippen LogP contribution in [0.25, 0.3) is 0 Å². The van der Waals surface area contributed by atoms with Crippen LogP contribution in [-0.4, -0.2) is 77.6 Å². The summed E-state index contributed by atoms with van der Waals surface area (Å²) in [5.41, 5.74) is 0. The van der Waals surface area contributed by atoms with Gasteiger partial charge in [-0.15, -0.1) is 11.3 Å². The number of aliphatic hydroxyl groups is 2. The van der Waals surface area contributed by atoms with Gasteiger partial charge in [-0.05, 0) is 25.3 Å². The van der Waals surface area contributed by atoms with Crippen LogP contribution >= 0.6 is 11.3 Å². The van der Waals surface area contributed by atoms with E-state index in [9.17, 15) is 10.2 Å². The van der Waals surface area contributed by atoms with Crippen LogP contribution in [0.2, 0.25) is 0 Å². The second-order valence-electron chi connectivity index (χ2n) is 6.20. The van der Waals surface area contributed by atoms with Gasteiger partial charge >= 0.3 is 0 Å². The summed E-state index contributed by atoms with van der Waals surface area (Å²) in [6.07, 6.45) is -0.735. The summed E-state index contributed by atoms with van der Waals surface area (Å²) in [6.45, 7) is 9.12. The van der Waals surface area contributed by atoms with Crippen LogP contribution in [0, 0.1) is 0 Å². The predicted molar refractivity (Wildman–Crippen MR) is 89.1 cm³/mol. The Kier molecular flexibility index (Phi) is 7.27.